The zero-order valence-corrected chi connectivity index (χ0v) is 14.9. The molecule has 0 atom stereocenters. The number of rotatable bonds is 3. The maximum absolute atomic E-state index is 11.9. The van der Waals surface area contributed by atoms with Crippen LogP contribution in [0, 0.1) is 18.3 Å². The first-order valence-electron chi connectivity index (χ1n) is 8.28. The maximum Gasteiger partial charge on any atom is 0.265 e. The smallest absolute Gasteiger partial charge is 0.265 e. The molecule has 0 aliphatic carbocycles. The molecular formula is C21H21N3O. The van der Waals surface area contributed by atoms with Crippen LogP contribution in [0.3, 0.4) is 0 Å². The van der Waals surface area contributed by atoms with Gasteiger partial charge in [-0.1, -0.05) is 38.1 Å². The van der Waals surface area contributed by atoms with Gasteiger partial charge >= 0.3 is 0 Å². The summed E-state index contributed by atoms with van der Waals surface area (Å²) >= 11 is 0. The van der Waals surface area contributed by atoms with Gasteiger partial charge in [0.05, 0.1) is 17.1 Å². The van der Waals surface area contributed by atoms with E-state index in [1.165, 1.54) is 5.56 Å². The lowest BCUT2D eigenvalue weighted by Gasteiger charge is -2.10. The van der Waals surface area contributed by atoms with Gasteiger partial charge in [0.25, 0.3) is 5.91 Å². The quantitative estimate of drug-likeness (QED) is 0.779. The average molecular weight is 331 g/mol. The highest BCUT2D eigenvalue weighted by molar-refractivity contribution is 6.05. The van der Waals surface area contributed by atoms with Crippen LogP contribution in [0.2, 0.25) is 0 Å². The van der Waals surface area contributed by atoms with E-state index in [9.17, 15) is 10.1 Å². The molecule has 25 heavy (non-hydrogen) atoms. The Kier molecular flexibility index (Phi) is 4.10. The first-order chi connectivity index (χ1) is 11.8. The van der Waals surface area contributed by atoms with Crippen molar-refractivity contribution < 1.29 is 4.79 Å². The Morgan fingerprint density at radius 3 is 2.36 bits per heavy atom. The number of nitriles is 1. The zero-order valence-electron chi connectivity index (χ0n) is 14.9. The molecule has 0 bridgehead atoms. The number of benzene rings is 2. The lowest BCUT2D eigenvalue weighted by atomic mass is 9.96. The van der Waals surface area contributed by atoms with Crippen molar-refractivity contribution in [2.45, 2.75) is 26.7 Å². The minimum Gasteiger partial charge on any atom is -0.364 e. The summed E-state index contributed by atoms with van der Waals surface area (Å²) in [4.78, 5) is 11.9. The maximum atomic E-state index is 11.9. The molecule has 0 aliphatic rings. The molecule has 0 fully saturated rings. The fourth-order valence-corrected chi connectivity index (χ4v) is 3.45. The van der Waals surface area contributed by atoms with Crippen molar-refractivity contribution in [3.63, 3.8) is 0 Å². The SMILES string of the molecule is Cc1c(C(N)=O)n(C)c2c(-c3ccc(C(C)C)cc3)cc(C#N)cc12. The van der Waals surface area contributed by atoms with Crippen LogP contribution in [-0.4, -0.2) is 10.5 Å². The molecule has 4 heteroatoms. The molecule has 0 aliphatic heterocycles. The van der Waals surface area contributed by atoms with Crippen LogP contribution in [0.1, 0.15) is 46.9 Å². The van der Waals surface area contributed by atoms with Crippen molar-refractivity contribution >= 4 is 16.8 Å². The van der Waals surface area contributed by atoms with Gasteiger partial charge in [-0.15, -0.1) is 0 Å². The lowest BCUT2D eigenvalue weighted by molar-refractivity contribution is 0.0992. The van der Waals surface area contributed by atoms with E-state index in [2.05, 4.69) is 44.2 Å². The van der Waals surface area contributed by atoms with Crippen LogP contribution in [-0.2, 0) is 7.05 Å². The van der Waals surface area contributed by atoms with Gasteiger partial charge in [-0.25, -0.2) is 0 Å². The first kappa shape index (κ1) is 16.8. The van der Waals surface area contributed by atoms with Crippen molar-refractivity contribution in [3.05, 3.63) is 58.8 Å². The van der Waals surface area contributed by atoms with Gasteiger partial charge in [-0.05, 0) is 41.7 Å². The van der Waals surface area contributed by atoms with E-state index in [0.717, 1.165) is 27.6 Å². The molecule has 3 rings (SSSR count). The molecule has 0 saturated carbocycles. The van der Waals surface area contributed by atoms with Gasteiger partial charge in [-0.2, -0.15) is 5.26 Å². The summed E-state index contributed by atoms with van der Waals surface area (Å²) < 4.78 is 1.83. The highest BCUT2D eigenvalue weighted by atomic mass is 16.1. The van der Waals surface area contributed by atoms with Gasteiger partial charge in [0.1, 0.15) is 5.69 Å². The average Bonchev–Trinajstić information content (AvgIpc) is 2.85. The van der Waals surface area contributed by atoms with E-state index in [1.807, 2.05) is 30.7 Å². The Morgan fingerprint density at radius 2 is 1.84 bits per heavy atom. The van der Waals surface area contributed by atoms with E-state index < -0.39 is 5.91 Å². The van der Waals surface area contributed by atoms with Crippen molar-refractivity contribution in [2.24, 2.45) is 12.8 Å². The van der Waals surface area contributed by atoms with Gasteiger partial charge in [0.2, 0.25) is 0 Å². The van der Waals surface area contributed by atoms with Gasteiger partial charge in [0, 0.05) is 18.0 Å². The number of nitrogens with zero attached hydrogens (tertiary/aromatic N) is 2. The summed E-state index contributed by atoms with van der Waals surface area (Å²) in [6, 6.07) is 14.3. The number of aryl methyl sites for hydroxylation is 2. The molecule has 0 unspecified atom stereocenters. The molecule has 2 N–H and O–H groups in total. The molecule has 0 saturated heterocycles. The number of fused-ring (bicyclic) bond motifs is 1. The number of hydrogen-bond donors (Lipinski definition) is 1. The molecule has 126 valence electrons. The molecule has 0 spiro atoms. The summed E-state index contributed by atoms with van der Waals surface area (Å²) in [5.74, 6) is -0.00549. The third kappa shape index (κ3) is 2.68. The fourth-order valence-electron chi connectivity index (χ4n) is 3.45. The van der Waals surface area contributed by atoms with Crippen LogP contribution in [0.25, 0.3) is 22.0 Å². The molecule has 1 amide bonds. The van der Waals surface area contributed by atoms with E-state index in [0.29, 0.717) is 17.2 Å². The van der Waals surface area contributed by atoms with Gasteiger partial charge in [-0.3, -0.25) is 4.79 Å². The molecule has 4 nitrogen and oxygen atoms in total. The topological polar surface area (TPSA) is 71.8 Å². The van der Waals surface area contributed by atoms with E-state index in [1.54, 1.807) is 0 Å². The molecule has 0 radical (unpaired) electrons. The summed E-state index contributed by atoms with van der Waals surface area (Å²) in [6.45, 7) is 6.18. The zero-order chi connectivity index (χ0) is 18.3. The molecule has 1 heterocycles. The number of hydrogen-bond acceptors (Lipinski definition) is 2. The highest BCUT2D eigenvalue weighted by Gasteiger charge is 2.20. The van der Waals surface area contributed by atoms with Crippen LogP contribution < -0.4 is 5.73 Å². The Labute approximate surface area is 147 Å². The number of amides is 1. The second-order valence-corrected chi connectivity index (χ2v) is 6.71. The second-order valence-electron chi connectivity index (χ2n) is 6.71. The van der Waals surface area contributed by atoms with Crippen LogP contribution >= 0.6 is 0 Å². The molecule has 3 aromatic rings. The second kappa shape index (κ2) is 6.10. The van der Waals surface area contributed by atoms with Crippen LogP contribution in [0.4, 0.5) is 0 Å². The number of nitrogens with two attached hydrogens (primary N) is 1. The molecular weight excluding hydrogens is 310 g/mol. The summed E-state index contributed by atoms with van der Waals surface area (Å²) in [7, 11) is 1.84. The Hall–Kier alpha value is -3.06. The highest BCUT2D eigenvalue weighted by Crippen LogP contribution is 2.35. The third-order valence-electron chi connectivity index (χ3n) is 4.79. The van der Waals surface area contributed by atoms with E-state index in [-0.39, 0.29) is 0 Å². The Balaban J connectivity index is 2.36. The standard InChI is InChI=1S/C21H21N3O/c1-12(2)15-5-7-16(8-6-15)18-10-14(11-22)9-17-13(3)19(21(23)25)24(4)20(17)18/h5-10,12H,1-4H3,(H2,23,25). The lowest BCUT2D eigenvalue weighted by Crippen LogP contribution is -2.16. The fraction of sp³-hybridized carbons (Fsp3) is 0.238. The number of primary amides is 1. The molecule has 1 aromatic heterocycles. The van der Waals surface area contributed by atoms with Crippen molar-refractivity contribution in [3.8, 4) is 17.2 Å². The van der Waals surface area contributed by atoms with E-state index >= 15 is 0 Å². The number of carbonyl (C=O) groups excluding carboxylic acids is 1. The normalized spacial score (nSPS) is 11.0. The minimum atomic E-state index is -0.462. The van der Waals surface area contributed by atoms with Crippen molar-refractivity contribution in [1.82, 2.24) is 4.57 Å². The Bertz CT molecular complexity index is 1020. The summed E-state index contributed by atoms with van der Waals surface area (Å²) in [6.07, 6.45) is 0. The van der Waals surface area contributed by atoms with Crippen molar-refractivity contribution in [2.75, 3.05) is 0 Å². The third-order valence-corrected chi connectivity index (χ3v) is 4.79. The summed E-state index contributed by atoms with van der Waals surface area (Å²) in [5.41, 5.74) is 11.6. The summed E-state index contributed by atoms with van der Waals surface area (Å²) in [5, 5.41) is 10.3. The van der Waals surface area contributed by atoms with Gasteiger partial charge < -0.3 is 10.3 Å². The predicted octanol–water partition coefficient (Wildman–Crippen LogP) is 4.25. The predicted molar refractivity (Wildman–Crippen MR) is 100 cm³/mol. The number of aromatic nitrogens is 1. The van der Waals surface area contributed by atoms with Gasteiger partial charge in [0.15, 0.2) is 0 Å². The monoisotopic (exact) mass is 331 g/mol. The number of carbonyl (C=O) groups is 1. The molecule has 2 aromatic carbocycles. The van der Waals surface area contributed by atoms with Crippen LogP contribution in [0.5, 0.6) is 0 Å². The van der Waals surface area contributed by atoms with Crippen molar-refractivity contribution in [1.29, 1.82) is 5.26 Å². The largest absolute Gasteiger partial charge is 0.364 e. The minimum absolute atomic E-state index is 0.457. The van der Waals surface area contributed by atoms with E-state index in [4.69, 9.17) is 5.73 Å². The Morgan fingerprint density at radius 1 is 1.20 bits per heavy atom. The first-order valence-corrected chi connectivity index (χ1v) is 8.28. The van der Waals surface area contributed by atoms with Crippen LogP contribution in [0.15, 0.2) is 36.4 Å².